The second-order valence-corrected chi connectivity index (χ2v) is 20.5. The van der Waals surface area contributed by atoms with E-state index in [1.54, 1.807) is 0 Å². The maximum absolute atomic E-state index is 11.4. The number of rotatable bonds is 4. The zero-order valence-corrected chi connectivity index (χ0v) is 16.7. The van der Waals surface area contributed by atoms with Gasteiger partial charge in [-0.05, 0) is 29.7 Å². The van der Waals surface area contributed by atoms with Crippen LogP contribution in [0.2, 0.25) is 50.9 Å². The standard InChI is InChI=1S/C16H36OSi2/c1-12(2)16(17)13(3)10-15(19(7,8)9)14(16)11-18(4,5)6/h12-15,17H,10-11H2,1-9H3/t13-,14+,15+,16+/m0/s1. The van der Waals surface area contributed by atoms with Gasteiger partial charge in [-0.1, -0.05) is 66.1 Å². The van der Waals surface area contributed by atoms with Gasteiger partial charge in [0.15, 0.2) is 0 Å². The molecule has 19 heavy (non-hydrogen) atoms. The van der Waals surface area contributed by atoms with Crippen molar-refractivity contribution in [3.05, 3.63) is 0 Å². The molecule has 1 fully saturated rings. The predicted octanol–water partition coefficient (Wildman–Crippen LogP) is 5.08. The van der Waals surface area contributed by atoms with Crippen molar-refractivity contribution < 1.29 is 5.11 Å². The van der Waals surface area contributed by atoms with Crippen LogP contribution in [0.25, 0.3) is 0 Å². The monoisotopic (exact) mass is 300 g/mol. The molecular weight excluding hydrogens is 264 g/mol. The largest absolute Gasteiger partial charge is 0.389 e. The minimum atomic E-state index is -1.20. The highest BCUT2D eigenvalue weighted by atomic mass is 28.3. The van der Waals surface area contributed by atoms with E-state index < -0.39 is 21.7 Å². The minimum Gasteiger partial charge on any atom is -0.389 e. The van der Waals surface area contributed by atoms with Crippen LogP contribution in [0.3, 0.4) is 0 Å². The molecule has 0 aliphatic heterocycles. The lowest BCUT2D eigenvalue weighted by molar-refractivity contribution is -0.0657. The lowest BCUT2D eigenvalue weighted by Gasteiger charge is -2.43. The Kier molecular flexibility index (Phi) is 4.87. The van der Waals surface area contributed by atoms with Gasteiger partial charge in [0.2, 0.25) is 0 Å². The van der Waals surface area contributed by atoms with Gasteiger partial charge in [0.1, 0.15) is 0 Å². The van der Waals surface area contributed by atoms with E-state index in [1.807, 2.05) is 0 Å². The molecule has 0 aromatic carbocycles. The van der Waals surface area contributed by atoms with Gasteiger partial charge in [0.05, 0.1) is 5.60 Å². The van der Waals surface area contributed by atoms with E-state index >= 15 is 0 Å². The topological polar surface area (TPSA) is 20.2 Å². The lowest BCUT2D eigenvalue weighted by Crippen LogP contribution is -2.48. The van der Waals surface area contributed by atoms with Gasteiger partial charge in [-0.25, -0.2) is 0 Å². The molecule has 1 aliphatic carbocycles. The van der Waals surface area contributed by atoms with Gasteiger partial charge in [-0.15, -0.1) is 0 Å². The summed E-state index contributed by atoms with van der Waals surface area (Å²) in [5.74, 6) is 1.39. The van der Waals surface area contributed by atoms with Crippen LogP contribution >= 0.6 is 0 Å². The summed E-state index contributed by atoms with van der Waals surface area (Å²) < 4.78 is 0. The van der Waals surface area contributed by atoms with E-state index in [1.165, 1.54) is 12.5 Å². The highest BCUT2D eigenvalue weighted by Gasteiger charge is 2.57. The van der Waals surface area contributed by atoms with Gasteiger partial charge in [-0.3, -0.25) is 0 Å². The van der Waals surface area contributed by atoms with Crippen molar-refractivity contribution in [3.8, 4) is 0 Å². The molecule has 0 spiro atoms. The minimum absolute atomic E-state index is 0.380. The van der Waals surface area contributed by atoms with E-state index in [4.69, 9.17) is 0 Å². The number of hydrogen-bond donors (Lipinski definition) is 1. The first-order chi connectivity index (χ1) is 8.30. The first-order valence-electron chi connectivity index (χ1n) is 8.02. The van der Waals surface area contributed by atoms with Gasteiger partial charge < -0.3 is 5.11 Å². The Balaban J connectivity index is 3.17. The Morgan fingerprint density at radius 2 is 1.58 bits per heavy atom. The Labute approximate surface area is 123 Å². The van der Waals surface area contributed by atoms with Gasteiger partial charge in [0, 0.05) is 16.1 Å². The molecule has 0 radical (unpaired) electrons. The van der Waals surface area contributed by atoms with Crippen LogP contribution in [0.15, 0.2) is 0 Å². The molecule has 0 amide bonds. The number of aliphatic hydroxyl groups is 1. The molecule has 1 aliphatic rings. The molecule has 0 aromatic heterocycles. The first kappa shape index (κ1) is 17.4. The van der Waals surface area contributed by atoms with Crippen molar-refractivity contribution in [3.63, 3.8) is 0 Å². The van der Waals surface area contributed by atoms with Crippen LogP contribution in [0.1, 0.15) is 27.2 Å². The third-order valence-electron chi connectivity index (χ3n) is 5.35. The maximum atomic E-state index is 11.4. The van der Waals surface area contributed by atoms with Crippen LogP contribution in [0.5, 0.6) is 0 Å². The summed E-state index contributed by atoms with van der Waals surface area (Å²) >= 11 is 0. The molecule has 1 nitrogen and oxygen atoms in total. The number of hydrogen-bond acceptors (Lipinski definition) is 1. The van der Waals surface area contributed by atoms with Gasteiger partial charge in [0.25, 0.3) is 0 Å². The summed E-state index contributed by atoms with van der Waals surface area (Å²) in [5.41, 5.74) is 0.368. The fraction of sp³-hybridized carbons (Fsp3) is 1.00. The smallest absolute Gasteiger partial charge is 0.0721 e. The molecule has 0 unspecified atom stereocenters. The Bertz CT molecular complexity index is 314. The normalized spacial score (nSPS) is 37.1. The zero-order valence-electron chi connectivity index (χ0n) is 14.7. The molecule has 0 bridgehead atoms. The van der Waals surface area contributed by atoms with Crippen molar-refractivity contribution in [2.45, 2.75) is 83.7 Å². The van der Waals surface area contributed by atoms with Gasteiger partial charge >= 0.3 is 0 Å². The molecule has 114 valence electrons. The first-order valence-corrected chi connectivity index (χ1v) is 15.3. The zero-order chi connectivity index (χ0) is 15.2. The SMILES string of the molecule is CC(C)[C@]1(O)[C@H](C[Si](C)(C)C)[C@H]([Si](C)(C)C)C[C@@H]1C. The van der Waals surface area contributed by atoms with Crippen LogP contribution in [-0.2, 0) is 0 Å². The van der Waals surface area contributed by atoms with Crippen molar-refractivity contribution in [2.24, 2.45) is 17.8 Å². The summed E-state index contributed by atoms with van der Waals surface area (Å²) in [6, 6.07) is 1.29. The highest BCUT2D eigenvalue weighted by molar-refractivity contribution is 6.78. The molecular formula is C16H36OSi2. The Morgan fingerprint density at radius 1 is 1.11 bits per heavy atom. The van der Waals surface area contributed by atoms with Crippen LogP contribution in [-0.4, -0.2) is 26.9 Å². The molecule has 0 heterocycles. The average Bonchev–Trinajstić information content (AvgIpc) is 2.40. The summed E-state index contributed by atoms with van der Waals surface area (Å²) in [6.07, 6.45) is 1.25. The molecule has 1 N–H and O–H groups in total. The summed E-state index contributed by atoms with van der Waals surface area (Å²) in [4.78, 5) is 0. The molecule has 1 saturated carbocycles. The average molecular weight is 301 g/mol. The summed E-state index contributed by atoms with van der Waals surface area (Å²) in [6.45, 7) is 21.6. The Morgan fingerprint density at radius 3 is 1.89 bits per heavy atom. The second kappa shape index (κ2) is 5.30. The van der Waals surface area contributed by atoms with E-state index in [-0.39, 0.29) is 0 Å². The molecule has 1 rings (SSSR count). The molecule has 0 saturated heterocycles. The molecule has 3 heteroatoms. The summed E-state index contributed by atoms with van der Waals surface area (Å²) in [5, 5.41) is 11.4. The third-order valence-corrected chi connectivity index (χ3v) is 9.87. The van der Waals surface area contributed by atoms with E-state index in [9.17, 15) is 5.11 Å². The van der Waals surface area contributed by atoms with Crippen LogP contribution in [0, 0.1) is 17.8 Å². The Hall–Kier alpha value is 0.394. The summed E-state index contributed by atoms with van der Waals surface area (Å²) in [7, 11) is -2.35. The fourth-order valence-corrected chi connectivity index (χ4v) is 9.16. The van der Waals surface area contributed by atoms with E-state index in [0.29, 0.717) is 17.8 Å². The van der Waals surface area contributed by atoms with Crippen molar-refractivity contribution >= 4 is 16.1 Å². The van der Waals surface area contributed by atoms with Crippen molar-refractivity contribution in [1.82, 2.24) is 0 Å². The molecule has 0 aromatic rings. The van der Waals surface area contributed by atoms with Gasteiger partial charge in [-0.2, -0.15) is 0 Å². The quantitative estimate of drug-likeness (QED) is 0.718. The fourth-order valence-electron chi connectivity index (χ4n) is 4.34. The van der Waals surface area contributed by atoms with Crippen molar-refractivity contribution in [1.29, 1.82) is 0 Å². The predicted molar refractivity (Wildman–Crippen MR) is 92.3 cm³/mol. The highest BCUT2D eigenvalue weighted by Crippen LogP contribution is 2.57. The maximum Gasteiger partial charge on any atom is 0.0721 e. The van der Waals surface area contributed by atoms with Crippen LogP contribution in [0.4, 0.5) is 0 Å². The van der Waals surface area contributed by atoms with E-state index in [2.05, 4.69) is 60.1 Å². The van der Waals surface area contributed by atoms with Crippen molar-refractivity contribution in [2.75, 3.05) is 0 Å². The second-order valence-electron chi connectivity index (χ2n) is 9.52. The van der Waals surface area contributed by atoms with E-state index in [0.717, 1.165) is 5.54 Å². The molecule has 4 atom stereocenters. The third kappa shape index (κ3) is 3.54. The lowest BCUT2D eigenvalue weighted by atomic mass is 9.77. The van der Waals surface area contributed by atoms with Crippen LogP contribution < -0.4 is 0 Å².